The van der Waals surface area contributed by atoms with E-state index < -0.39 is 0 Å². The van der Waals surface area contributed by atoms with Crippen molar-refractivity contribution in [1.82, 2.24) is 4.90 Å². The highest BCUT2D eigenvalue weighted by Gasteiger charge is 2.38. The first-order valence-electron chi connectivity index (χ1n) is 8.31. The second-order valence-electron chi connectivity index (χ2n) is 6.54. The molecule has 1 saturated carbocycles. The lowest BCUT2D eigenvalue weighted by atomic mass is 9.94. The summed E-state index contributed by atoms with van der Waals surface area (Å²) in [5.74, 6) is -0.0909. The number of anilines is 1. The van der Waals surface area contributed by atoms with Gasteiger partial charge >= 0.3 is 0 Å². The Morgan fingerprint density at radius 2 is 1.91 bits per heavy atom. The molecule has 118 valence electrons. The van der Waals surface area contributed by atoms with Gasteiger partial charge in [-0.05, 0) is 31.4 Å². The lowest BCUT2D eigenvalue weighted by Crippen LogP contribution is -2.38. The molecule has 22 heavy (non-hydrogen) atoms. The fourth-order valence-corrected chi connectivity index (χ4v) is 3.60. The molecule has 1 aromatic carbocycles. The Kier molecular flexibility index (Phi) is 4.46. The molecule has 3 rings (SSSR count). The molecule has 2 amide bonds. The largest absolute Gasteiger partial charge is 0.339 e. The van der Waals surface area contributed by atoms with Crippen molar-refractivity contribution in [2.45, 2.75) is 51.5 Å². The zero-order chi connectivity index (χ0) is 15.5. The summed E-state index contributed by atoms with van der Waals surface area (Å²) in [5, 5.41) is 2.98. The minimum absolute atomic E-state index is 0.0269. The average Bonchev–Trinajstić information content (AvgIpc) is 2.92. The van der Waals surface area contributed by atoms with Crippen molar-refractivity contribution in [3.05, 3.63) is 29.8 Å². The van der Waals surface area contributed by atoms with Crippen molar-refractivity contribution in [1.29, 1.82) is 0 Å². The van der Waals surface area contributed by atoms with Gasteiger partial charge in [0.15, 0.2) is 0 Å². The van der Waals surface area contributed by atoms with Crippen LogP contribution in [0.3, 0.4) is 0 Å². The fourth-order valence-electron chi connectivity index (χ4n) is 3.60. The molecular weight excluding hydrogens is 276 g/mol. The maximum atomic E-state index is 12.5. The maximum Gasteiger partial charge on any atom is 0.229 e. The minimum Gasteiger partial charge on any atom is -0.339 e. The van der Waals surface area contributed by atoms with E-state index in [0.717, 1.165) is 24.1 Å². The molecule has 0 spiro atoms. The lowest BCUT2D eigenvalue weighted by molar-refractivity contribution is -0.130. The fraction of sp³-hybridized carbons (Fsp3) is 0.556. The highest BCUT2D eigenvalue weighted by Crippen LogP contribution is 2.29. The highest BCUT2D eigenvalue weighted by molar-refractivity contribution is 5.97. The van der Waals surface area contributed by atoms with E-state index >= 15 is 0 Å². The number of para-hydroxylation sites is 1. The third-order valence-corrected chi connectivity index (χ3v) is 4.95. The number of carbonyl (C=O) groups excluding carboxylic acids is 2. The monoisotopic (exact) mass is 300 g/mol. The normalized spacial score (nSPS) is 22.9. The second-order valence-corrected chi connectivity index (χ2v) is 6.54. The van der Waals surface area contributed by atoms with Crippen LogP contribution in [0.2, 0.25) is 0 Å². The Morgan fingerprint density at radius 1 is 1.18 bits per heavy atom. The van der Waals surface area contributed by atoms with Crippen molar-refractivity contribution >= 4 is 17.5 Å². The highest BCUT2D eigenvalue weighted by atomic mass is 16.2. The van der Waals surface area contributed by atoms with Crippen molar-refractivity contribution in [3.63, 3.8) is 0 Å². The number of hydrogen-bond acceptors (Lipinski definition) is 2. The molecule has 1 heterocycles. The Morgan fingerprint density at radius 3 is 2.64 bits per heavy atom. The Bertz CT molecular complexity index is 564. The molecule has 0 bridgehead atoms. The summed E-state index contributed by atoms with van der Waals surface area (Å²) in [7, 11) is 0. The molecule has 1 aromatic rings. The number of aryl methyl sites for hydroxylation is 1. The van der Waals surface area contributed by atoms with Gasteiger partial charge in [0, 0.05) is 24.7 Å². The van der Waals surface area contributed by atoms with E-state index in [4.69, 9.17) is 0 Å². The van der Waals surface area contributed by atoms with Gasteiger partial charge in [-0.1, -0.05) is 37.5 Å². The SMILES string of the molecule is Cc1ccccc1NC(=O)[C@H]1CC(=O)N(C2CCCCC2)C1. The molecule has 0 aromatic heterocycles. The first-order chi connectivity index (χ1) is 10.6. The summed E-state index contributed by atoms with van der Waals surface area (Å²) in [6, 6.07) is 8.11. The van der Waals surface area contributed by atoms with Crippen LogP contribution in [0, 0.1) is 12.8 Å². The molecule has 1 atom stereocenters. The van der Waals surface area contributed by atoms with Gasteiger partial charge in [0.05, 0.1) is 5.92 Å². The van der Waals surface area contributed by atoms with Crippen LogP contribution >= 0.6 is 0 Å². The first-order valence-corrected chi connectivity index (χ1v) is 8.31. The van der Waals surface area contributed by atoms with Crippen molar-refractivity contribution in [2.75, 3.05) is 11.9 Å². The molecule has 2 fully saturated rings. The van der Waals surface area contributed by atoms with Gasteiger partial charge in [-0.3, -0.25) is 9.59 Å². The molecule has 4 nitrogen and oxygen atoms in total. The number of amides is 2. The number of rotatable bonds is 3. The van der Waals surface area contributed by atoms with E-state index in [-0.39, 0.29) is 17.7 Å². The van der Waals surface area contributed by atoms with Crippen LogP contribution in [0.25, 0.3) is 0 Å². The number of nitrogens with one attached hydrogen (secondary N) is 1. The van der Waals surface area contributed by atoms with Crippen LogP contribution in [0.1, 0.15) is 44.1 Å². The first kappa shape index (κ1) is 15.1. The van der Waals surface area contributed by atoms with Crippen LogP contribution in [-0.4, -0.2) is 29.3 Å². The van der Waals surface area contributed by atoms with E-state index in [1.807, 2.05) is 36.1 Å². The predicted molar refractivity (Wildman–Crippen MR) is 86.5 cm³/mol. The molecule has 4 heteroatoms. The third kappa shape index (κ3) is 3.16. The Labute approximate surface area is 131 Å². The van der Waals surface area contributed by atoms with Gasteiger partial charge in [-0.15, -0.1) is 0 Å². The van der Waals surface area contributed by atoms with Crippen molar-refractivity contribution in [3.8, 4) is 0 Å². The molecule has 2 aliphatic rings. The quantitative estimate of drug-likeness (QED) is 0.932. The van der Waals surface area contributed by atoms with E-state index in [0.29, 0.717) is 19.0 Å². The van der Waals surface area contributed by atoms with Crippen LogP contribution in [0.15, 0.2) is 24.3 Å². The average molecular weight is 300 g/mol. The Balaban J connectivity index is 1.62. The molecular formula is C18H24N2O2. The predicted octanol–water partition coefficient (Wildman–Crippen LogP) is 3.11. The zero-order valence-corrected chi connectivity index (χ0v) is 13.2. The number of likely N-dealkylation sites (tertiary alicyclic amines) is 1. The molecule has 1 saturated heterocycles. The molecule has 1 N–H and O–H groups in total. The van der Waals surface area contributed by atoms with E-state index in [2.05, 4.69) is 5.32 Å². The van der Waals surface area contributed by atoms with Gasteiger partial charge in [0.1, 0.15) is 0 Å². The number of carbonyl (C=O) groups is 2. The van der Waals surface area contributed by atoms with Gasteiger partial charge < -0.3 is 10.2 Å². The number of hydrogen-bond donors (Lipinski definition) is 1. The lowest BCUT2D eigenvalue weighted by Gasteiger charge is -2.31. The second kappa shape index (κ2) is 6.51. The van der Waals surface area contributed by atoms with Crippen molar-refractivity contribution in [2.24, 2.45) is 5.92 Å². The van der Waals surface area contributed by atoms with Gasteiger partial charge in [-0.2, -0.15) is 0 Å². The molecule has 0 radical (unpaired) electrons. The van der Waals surface area contributed by atoms with E-state index in [1.54, 1.807) is 0 Å². The van der Waals surface area contributed by atoms with E-state index in [1.165, 1.54) is 19.3 Å². The van der Waals surface area contributed by atoms with Gasteiger partial charge in [0.25, 0.3) is 0 Å². The van der Waals surface area contributed by atoms with Crippen LogP contribution < -0.4 is 5.32 Å². The van der Waals surface area contributed by atoms with Gasteiger partial charge in [0.2, 0.25) is 11.8 Å². The topological polar surface area (TPSA) is 49.4 Å². The summed E-state index contributed by atoms with van der Waals surface area (Å²) in [6.07, 6.45) is 6.22. The summed E-state index contributed by atoms with van der Waals surface area (Å²) in [4.78, 5) is 26.7. The molecule has 0 unspecified atom stereocenters. The van der Waals surface area contributed by atoms with Gasteiger partial charge in [-0.25, -0.2) is 0 Å². The van der Waals surface area contributed by atoms with Crippen molar-refractivity contribution < 1.29 is 9.59 Å². The smallest absolute Gasteiger partial charge is 0.229 e. The summed E-state index contributed by atoms with van der Waals surface area (Å²) in [5.41, 5.74) is 1.89. The summed E-state index contributed by atoms with van der Waals surface area (Å²) < 4.78 is 0. The standard InChI is InChI=1S/C18H24N2O2/c1-13-7-5-6-10-16(13)19-18(22)14-11-17(21)20(12-14)15-8-3-2-4-9-15/h5-7,10,14-15H,2-4,8-9,11-12H2,1H3,(H,19,22)/t14-/m0/s1. The zero-order valence-electron chi connectivity index (χ0n) is 13.2. The molecule has 1 aliphatic carbocycles. The minimum atomic E-state index is -0.214. The number of benzene rings is 1. The van der Waals surface area contributed by atoms with Crippen LogP contribution in [-0.2, 0) is 9.59 Å². The number of nitrogens with zero attached hydrogens (tertiary/aromatic N) is 1. The van der Waals surface area contributed by atoms with E-state index in [9.17, 15) is 9.59 Å². The maximum absolute atomic E-state index is 12.5. The summed E-state index contributed by atoms with van der Waals surface area (Å²) >= 11 is 0. The van der Waals surface area contributed by atoms with Crippen LogP contribution in [0.5, 0.6) is 0 Å². The summed E-state index contributed by atoms with van der Waals surface area (Å²) in [6.45, 7) is 2.56. The van der Waals surface area contributed by atoms with Crippen LogP contribution in [0.4, 0.5) is 5.69 Å². The third-order valence-electron chi connectivity index (χ3n) is 4.95. The molecule has 1 aliphatic heterocycles. The Hall–Kier alpha value is -1.84.